The molecule has 3 rings (SSSR count). The number of hydrogen-bond acceptors (Lipinski definition) is 3. The monoisotopic (exact) mass is 288 g/mol. The maximum absolute atomic E-state index is 6.16. The maximum Gasteiger partial charge on any atom is 0.124 e. The summed E-state index contributed by atoms with van der Waals surface area (Å²) in [5.41, 5.74) is 7.00. The third-order valence-corrected chi connectivity index (χ3v) is 5.01. The van der Waals surface area contributed by atoms with Gasteiger partial charge in [0.1, 0.15) is 11.4 Å². The summed E-state index contributed by atoms with van der Waals surface area (Å²) in [7, 11) is 0. The highest BCUT2D eigenvalue weighted by atomic mass is 16.5. The summed E-state index contributed by atoms with van der Waals surface area (Å²) in [5.74, 6) is 1.90. The summed E-state index contributed by atoms with van der Waals surface area (Å²) < 4.78 is 6.16. The number of benzene rings is 1. The molecule has 2 aliphatic heterocycles. The Morgan fingerprint density at radius 1 is 1.24 bits per heavy atom. The predicted octanol–water partition coefficient (Wildman–Crippen LogP) is 3.35. The molecule has 0 bridgehead atoms. The zero-order valence-electron chi connectivity index (χ0n) is 13.3. The van der Waals surface area contributed by atoms with E-state index in [0.717, 1.165) is 24.6 Å². The summed E-state index contributed by atoms with van der Waals surface area (Å²) >= 11 is 0. The highest BCUT2D eigenvalue weighted by molar-refractivity contribution is 5.38. The van der Waals surface area contributed by atoms with Gasteiger partial charge in [0.15, 0.2) is 0 Å². The van der Waals surface area contributed by atoms with Crippen LogP contribution in [-0.4, -0.2) is 30.1 Å². The van der Waals surface area contributed by atoms with Crippen LogP contribution in [0.5, 0.6) is 5.75 Å². The molecule has 1 unspecified atom stereocenters. The molecule has 0 spiro atoms. The van der Waals surface area contributed by atoms with Crippen LogP contribution in [0.4, 0.5) is 0 Å². The average Bonchev–Trinajstić information content (AvgIpc) is 2.46. The van der Waals surface area contributed by atoms with Crippen molar-refractivity contribution < 1.29 is 4.74 Å². The topological polar surface area (TPSA) is 38.5 Å². The molecule has 116 valence electrons. The van der Waals surface area contributed by atoms with E-state index in [9.17, 15) is 0 Å². The molecule has 21 heavy (non-hydrogen) atoms. The largest absolute Gasteiger partial charge is 0.487 e. The van der Waals surface area contributed by atoms with Crippen LogP contribution in [-0.2, 0) is 0 Å². The Balaban J connectivity index is 1.76. The molecule has 3 nitrogen and oxygen atoms in total. The van der Waals surface area contributed by atoms with E-state index in [0.29, 0.717) is 6.04 Å². The first-order valence-electron chi connectivity index (χ1n) is 8.31. The first-order valence-corrected chi connectivity index (χ1v) is 8.31. The molecule has 1 saturated heterocycles. The maximum atomic E-state index is 6.16. The van der Waals surface area contributed by atoms with Crippen LogP contribution in [0.25, 0.3) is 0 Å². The fourth-order valence-electron chi connectivity index (χ4n) is 3.88. The van der Waals surface area contributed by atoms with Gasteiger partial charge in [-0.25, -0.2) is 0 Å². The lowest BCUT2D eigenvalue weighted by Gasteiger charge is -2.44. The molecule has 2 aliphatic rings. The van der Waals surface area contributed by atoms with E-state index in [1.807, 2.05) is 0 Å². The first-order chi connectivity index (χ1) is 10.1. The van der Waals surface area contributed by atoms with E-state index < -0.39 is 0 Å². The van der Waals surface area contributed by atoms with Crippen LogP contribution in [0.3, 0.4) is 0 Å². The van der Waals surface area contributed by atoms with Crippen LogP contribution in [0, 0.1) is 5.92 Å². The zero-order chi connectivity index (χ0) is 14.9. The van der Waals surface area contributed by atoms with Crippen molar-refractivity contribution in [2.45, 2.75) is 51.2 Å². The standard InChI is InChI=1S/C18H28N2O/c1-18(2)13-16(15-5-3-4-6-17(15)21-18)20-11-8-14(7-10-19)9-12-20/h3-6,14,16H,7-13,19H2,1-2H3. The molecule has 0 amide bonds. The molecule has 2 N–H and O–H groups in total. The number of likely N-dealkylation sites (tertiary alicyclic amines) is 1. The summed E-state index contributed by atoms with van der Waals surface area (Å²) in [5, 5.41) is 0. The van der Waals surface area contributed by atoms with Crippen molar-refractivity contribution in [2.75, 3.05) is 19.6 Å². The molecule has 0 aromatic heterocycles. The molecule has 0 radical (unpaired) electrons. The van der Waals surface area contributed by atoms with E-state index in [-0.39, 0.29) is 5.60 Å². The Morgan fingerprint density at radius 2 is 1.95 bits per heavy atom. The Hall–Kier alpha value is -1.06. The Kier molecular flexibility index (Phi) is 4.23. The van der Waals surface area contributed by atoms with Gasteiger partial charge in [0.2, 0.25) is 0 Å². The minimum absolute atomic E-state index is 0.0763. The average molecular weight is 288 g/mol. The highest BCUT2D eigenvalue weighted by Gasteiger charge is 2.37. The van der Waals surface area contributed by atoms with Gasteiger partial charge in [0.25, 0.3) is 0 Å². The van der Waals surface area contributed by atoms with Gasteiger partial charge < -0.3 is 10.5 Å². The Morgan fingerprint density at radius 3 is 2.67 bits per heavy atom. The lowest BCUT2D eigenvalue weighted by atomic mass is 9.86. The van der Waals surface area contributed by atoms with Crippen molar-refractivity contribution in [1.29, 1.82) is 0 Å². The van der Waals surface area contributed by atoms with Gasteiger partial charge in [-0.3, -0.25) is 4.90 Å². The molecule has 1 aromatic carbocycles. The van der Waals surface area contributed by atoms with Gasteiger partial charge in [0.05, 0.1) is 0 Å². The van der Waals surface area contributed by atoms with Crippen molar-refractivity contribution in [1.82, 2.24) is 4.90 Å². The summed E-state index contributed by atoms with van der Waals surface area (Å²) in [6, 6.07) is 9.06. The molecule has 0 saturated carbocycles. The second-order valence-corrected chi connectivity index (χ2v) is 7.18. The van der Waals surface area contributed by atoms with E-state index >= 15 is 0 Å². The number of rotatable bonds is 3. The summed E-state index contributed by atoms with van der Waals surface area (Å²) in [4.78, 5) is 2.66. The van der Waals surface area contributed by atoms with Crippen LogP contribution in [0.1, 0.15) is 51.1 Å². The Labute approximate surface area is 128 Å². The number of nitrogens with two attached hydrogens (primary N) is 1. The highest BCUT2D eigenvalue weighted by Crippen LogP contribution is 2.43. The first kappa shape index (κ1) is 14.9. The van der Waals surface area contributed by atoms with Gasteiger partial charge in [-0.1, -0.05) is 18.2 Å². The van der Waals surface area contributed by atoms with Crippen LogP contribution >= 0.6 is 0 Å². The van der Waals surface area contributed by atoms with Crippen molar-refractivity contribution in [3.8, 4) is 5.75 Å². The molecule has 1 fully saturated rings. The number of hydrogen-bond donors (Lipinski definition) is 1. The van der Waals surface area contributed by atoms with Gasteiger partial charge in [-0.05, 0) is 64.7 Å². The van der Waals surface area contributed by atoms with Gasteiger partial charge in [-0.15, -0.1) is 0 Å². The van der Waals surface area contributed by atoms with E-state index in [1.165, 1.54) is 37.9 Å². The lowest BCUT2D eigenvalue weighted by molar-refractivity contribution is 0.0179. The third-order valence-electron chi connectivity index (χ3n) is 5.01. The lowest BCUT2D eigenvalue weighted by Crippen LogP contribution is -2.44. The molecule has 1 aromatic rings. The Bertz CT molecular complexity index is 478. The third kappa shape index (κ3) is 3.24. The fourth-order valence-corrected chi connectivity index (χ4v) is 3.88. The molecule has 3 heteroatoms. The molecule has 0 aliphatic carbocycles. The van der Waals surface area contributed by atoms with Gasteiger partial charge in [0, 0.05) is 18.0 Å². The number of para-hydroxylation sites is 1. The predicted molar refractivity (Wildman–Crippen MR) is 86.5 cm³/mol. The van der Waals surface area contributed by atoms with E-state index in [2.05, 4.69) is 43.0 Å². The molecular weight excluding hydrogens is 260 g/mol. The summed E-state index contributed by atoms with van der Waals surface area (Å²) in [6.07, 6.45) is 4.84. The second kappa shape index (κ2) is 5.98. The number of nitrogens with zero attached hydrogens (tertiary/aromatic N) is 1. The normalized spacial score (nSPS) is 26.1. The quantitative estimate of drug-likeness (QED) is 0.927. The van der Waals surface area contributed by atoms with Crippen LogP contribution in [0.15, 0.2) is 24.3 Å². The van der Waals surface area contributed by atoms with Crippen molar-refractivity contribution >= 4 is 0 Å². The minimum atomic E-state index is -0.0763. The number of ether oxygens (including phenoxy) is 1. The molecule has 2 heterocycles. The summed E-state index contributed by atoms with van der Waals surface area (Å²) in [6.45, 7) is 7.63. The van der Waals surface area contributed by atoms with Crippen LogP contribution < -0.4 is 10.5 Å². The van der Waals surface area contributed by atoms with E-state index in [1.54, 1.807) is 0 Å². The number of fused-ring (bicyclic) bond motifs is 1. The van der Waals surface area contributed by atoms with Crippen molar-refractivity contribution in [2.24, 2.45) is 11.7 Å². The van der Waals surface area contributed by atoms with Gasteiger partial charge >= 0.3 is 0 Å². The smallest absolute Gasteiger partial charge is 0.124 e. The fraction of sp³-hybridized carbons (Fsp3) is 0.667. The van der Waals surface area contributed by atoms with Crippen molar-refractivity contribution in [3.05, 3.63) is 29.8 Å². The molecule has 1 atom stereocenters. The second-order valence-electron chi connectivity index (χ2n) is 7.18. The minimum Gasteiger partial charge on any atom is -0.487 e. The van der Waals surface area contributed by atoms with Crippen LogP contribution in [0.2, 0.25) is 0 Å². The van der Waals surface area contributed by atoms with Crippen molar-refractivity contribution in [3.63, 3.8) is 0 Å². The zero-order valence-corrected chi connectivity index (χ0v) is 13.3. The number of piperidine rings is 1. The SMILES string of the molecule is CC1(C)CC(N2CCC(CCN)CC2)c2ccccc2O1. The molecular formula is C18H28N2O. The van der Waals surface area contributed by atoms with E-state index in [4.69, 9.17) is 10.5 Å². The van der Waals surface area contributed by atoms with Gasteiger partial charge in [-0.2, -0.15) is 0 Å².